The van der Waals surface area contributed by atoms with Gasteiger partial charge in [-0.1, -0.05) is 25.7 Å². The van der Waals surface area contributed by atoms with E-state index in [0.29, 0.717) is 31.9 Å². The normalized spacial score (nSPS) is 19.3. The van der Waals surface area contributed by atoms with E-state index in [-0.39, 0.29) is 28.6 Å². The highest BCUT2D eigenvalue weighted by atomic mass is 32.2. The van der Waals surface area contributed by atoms with Crippen molar-refractivity contribution in [3.8, 4) is 11.5 Å². The van der Waals surface area contributed by atoms with E-state index in [1.807, 2.05) is 0 Å². The van der Waals surface area contributed by atoms with E-state index >= 15 is 0 Å². The Morgan fingerprint density at radius 2 is 1.67 bits per heavy atom. The third-order valence-electron chi connectivity index (χ3n) is 5.52. The average Bonchev–Trinajstić information content (AvgIpc) is 3.13. The molecule has 1 aromatic heterocycles. The topological polar surface area (TPSA) is 115 Å². The van der Waals surface area contributed by atoms with Crippen LogP contribution in [0.4, 0.5) is 0 Å². The van der Waals surface area contributed by atoms with Gasteiger partial charge in [-0.15, -0.1) is 10.2 Å². The van der Waals surface area contributed by atoms with Gasteiger partial charge in [0.25, 0.3) is 0 Å². The third-order valence-corrected chi connectivity index (χ3v) is 7.43. The number of carbonyl (C=O) groups is 1. The van der Waals surface area contributed by atoms with E-state index in [9.17, 15) is 13.2 Å². The van der Waals surface area contributed by atoms with Crippen LogP contribution >= 0.6 is 0 Å². The van der Waals surface area contributed by atoms with Crippen LogP contribution in [-0.2, 0) is 14.8 Å². The standard InChI is InChI=1S/C20H26N4O5S/c25-18(21-16-5-3-1-2-4-6-16)20-23-22-19(29-20)15-7-9-17(10-8-15)30(26,27)24-11-13-28-14-12-24/h7-10,16H,1-6,11-14H2,(H,21,25). The molecule has 1 N–H and O–H groups in total. The first-order chi connectivity index (χ1) is 14.5. The molecule has 0 unspecified atom stereocenters. The van der Waals surface area contributed by atoms with E-state index < -0.39 is 10.0 Å². The summed E-state index contributed by atoms with van der Waals surface area (Å²) in [6, 6.07) is 6.37. The van der Waals surface area contributed by atoms with Crippen LogP contribution in [0, 0.1) is 0 Å². The van der Waals surface area contributed by atoms with E-state index in [0.717, 1.165) is 25.7 Å². The number of nitrogens with one attached hydrogen (secondary N) is 1. The highest BCUT2D eigenvalue weighted by Gasteiger charge is 2.26. The van der Waals surface area contributed by atoms with Gasteiger partial charge in [-0.25, -0.2) is 8.42 Å². The number of hydrogen-bond acceptors (Lipinski definition) is 7. The second kappa shape index (κ2) is 9.23. The van der Waals surface area contributed by atoms with Crippen LogP contribution in [0.25, 0.3) is 11.5 Å². The summed E-state index contributed by atoms with van der Waals surface area (Å²) in [6.45, 7) is 1.47. The quantitative estimate of drug-likeness (QED) is 0.718. The molecule has 2 aromatic rings. The molecule has 1 aliphatic heterocycles. The second-order valence-electron chi connectivity index (χ2n) is 7.62. The SMILES string of the molecule is O=C(NC1CCCCCC1)c1nnc(-c2ccc(S(=O)(=O)N3CCOCC3)cc2)o1. The lowest BCUT2D eigenvalue weighted by molar-refractivity contribution is 0.0730. The Labute approximate surface area is 175 Å². The predicted molar refractivity (Wildman–Crippen MR) is 108 cm³/mol. The Kier molecular flexibility index (Phi) is 6.45. The van der Waals surface area contributed by atoms with Gasteiger partial charge >= 0.3 is 11.8 Å². The Morgan fingerprint density at radius 3 is 2.33 bits per heavy atom. The van der Waals surface area contributed by atoms with Crippen molar-refractivity contribution < 1.29 is 22.4 Å². The van der Waals surface area contributed by atoms with E-state index in [1.165, 1.54) is 29.3 Å². The number of rotatable bonds is 5. The Bertz CT molecular complexity index is 959. The summed E-state index contributed by atoms with van der Waals surface area (Å²) in [6.07, 6.45) is 6.56. The van der Waals surface area contributed by atoms with Crippen molar-refractivity contribution in [3.63, 3.8) is 0 Å². The minimum Gasteiger partial charge on any atom is -0.412 e. The van der Waals surface area contributed by atoms with Gasteiger partial charge in [0, 0.05) is 24.7 Å². The number of hydrogen-bond donors (Lipinski definition) is 1. The zero-order valence-electron chi connectivity index (χ0n) is 16.7. The minimum absolute atomic E-state index is 0.0840. The molecule has 30 heavy (non-hydrogen) atoms. The van der Waals surface area contributed by atoms with Gasteiger partial charge in [0.1, 0.15) is 0 Å². The molecule has 0 bridgehead atoms. The van der Waals surface area contributed by atoms with Gasteiger partial charge in [-0.3, -0.25) is 4.79 Å². The predicted octanol–water partition coefficient (Wildman–Crippen LogP) is 2.21. The minimum atomic E-state index is -3.57. The lowest BCUT2D eigenvalue weighted by Crippen LogP contribution is -2.40. The number of amides is 1. The summed E-state index contributed by atoms with van der Waals surface area (Å²) in [7, 11) is -3.57. The summed E-state index contributed by atoms with van der Waals surface area (Å²) < 4.78 is 37.6. The van der Waals surface area contributed by atoms with Crippen molar-refractivity contribution >= 4 is 15.9 Å². The van der Waals surface area contributed by atoms with Crippen LogP contribution in [0.15, 0.2) is 33.6 Å². The number of morpholine rings is 1. The molecular weight excluding hydrogens is 408 g/mol. The average molecular weight is 435 g/mol. The molecule has 4 rings (SSSR count). The highest BCUT2D eigenvalue weighted by Crippen LogP contribution is 2.23. The van der Waals surface area contributed by atoms with E-state index in [2.05, 4.69) is 15.5 Å². The molecule has 2 fully saturated rings. The first kappa shape index (κ1) is 21.0. The highest BCUT2D eigenvalue weighted by molar-refractivity contribution is 7.89. The molecule has 10 heteroatoms. The molecule has 0 spiro atoms. The number of aromatic nitrogens is 2. The zero-order chi connectivity index (χ0) is 21.0. The fraction of sp³-hybridized carbons (Fsp3) is 0.550. The van der Waals surface area contributed by atoms with Crippen LogP contribution in [0.5, 0.6) is 0 Å². The summed E-state index contributed by atoms with van der Waals surface area (Å²) in [5.74, 6) is -0.275. The van der Waals surface area contributed by atoms with Gasteiger partial charge in [0.2, 0.25) is 15.9 Å². The molecule has 1 saturated carbocycles. The molecule has 1 amide bonds. The molecule has 0 atom stereocenters. The maximum absolute atomic E-state index is 12.7. The summed E-state index contributed by atoms with van der Waals surface area (Å²) in [4.78, 5) is 12.6. The van der Waals surface area contributed by atoms with Crippen LogP contribution in [0.3, 0.4) is 0 Å². The maximum atomic E-state index is 12.7. The van der Waals surface area contributed by atoms with Crippen molar-refractivity contribution in [2.24, 2.45) is 0 Å². The summed E-state index contributed by atoms with van der Waals surface area (Å²) >= 11 is 0. The lowest BCUT2D eigenvalue weighted by atomic mass is 10.1. The zero-order valence-corrected chi connectivity index (χ0v) is 17.6. The van der Waals surface area contributed by atoms with Crippen molar-refractivity contribution in [1.29, 1.82) is 0 Å². The summed E-state index contributed by atoms with van der Waals surface area (Å²) in [5, 5.41) is 10.8. The smallest absolute Gasteiger partial charge is 0.309 e. The molecule has 2 heterocycles. The largest absolute Gasteiger partial charge is 0.412 e. The maximum Gasteiger partial charge on any atom is 0.309 e. The van der Waals surface area contributed by atoms with Crippen LogP contribution in [0.1, 0.15) is 49.2 Å². The monoisotopic (exact) mass is 434 g/mol. The third kappa shape index (κ3) is 4.71. The van der Waals surface area contributed by atoms with Gasteiger partial charge in [-0.05, 0) is 37.1 Å². The second-order valence-corrected chi connectivity index (χ2v) is 9.55. The molecular formula is C20H26N4O5S. The molecule has 1 aliphatic carbocycles. The fourth-order valence-electron chi connectivity index (χ4n) is 3.81. The first-order valence-corrected chi connectivity index (χ1v) is 11.8. The van der Waals surface area contributed by atoms with Crippen molar-refractivity contribution in [2.45, 2.75) is 49.5 Å². The molecule has 1 aromatic carbocycles. The van der Waals surface area contributed by atoms with Gasteiger partial charge < -0.3 is 14.5 Å². The van der Waals surface area contributed by atoms with Gasteiger partial charge in [0.15, 0.2) is 0 Å². The number of sulfonamides is 1. The van der Waals surface area contributed by atoms with Crippen molar-refractivity contribution in [1.82, 2.24) is 19.8 Å². The van der Waals surface area contributed by atoms with Gasteiger partial charge in [0.05, 0.1) is 18.1 Å². The Hall–Kier alpha value is -2.30. The fourth-order valence-corrected chi connectivity index (χ4v) is 5.22. The molecule has 9 nitrogen and oxygen atoms in total. The summed E-state index contributed by atoms with van der Waals surface area (Å²) in [5.41, 5.74) is 0.553. The van der Waals surface area contributed by atoms with Crippen LogP contribution < -0.4 is 5.32 Å². The van der Waals surface area contributed by atoms with Crippen LogP contribution in [0.2, 0.25) is 0 Å². The van der Waals surface area contributed by atoms with Crippen molar-refractivity contribution in [2.75, 3.05) is 26.3 Å². The molecule has 1 saturated heterocycles. The number of ether oxygens (including phenoxy) is 1. The number of nitrogens with zero attached hydrogens (tertiary/aromatic N) is 3. The number of carbonyl (C=O) groups excluding carboxylic acids is 1. The van der Waals surface area contributed by atoms with Gasteiger partial charge in [-0.2, -0.15) is 4.31 Å². The van der Waals surface area contributed by atoms with E-state index in [1.54, 1.807) is 12.1 Å². The molecule has 0 radical (unpaired) electrons. The Balaban J connectivity index is 1.43. The molecule has 162 valence electrons. The Morgan fingerprint density at radius 1 is 1.00 bits per heavy atom. The number of benzene rings is 1. The van der Waals surface area contributed by atoms with E-state index in [4.69, 9.17) is 9.15 Å². The lowest BCUT2D eigenvalue weighted by Gasteiger charge is -2.26. The first-order valence-electron chi connectivity index (χ1n) is 10.4. The van der Waals surface area contributed by atoms with Crippen LogP contribution in [-0.4, -0.2) is 61.2 Å². The van der Waals surface area contributed by atoms with Crippen molar-refractivity contribution in [3.05, 3.63) is 30.2 Å². The molecule has 2 aliphatic rings.